The molecule has 2 rings (SSSR count). The average Bonchev–Trinajstić information content (AvgIpc) is 2.47. The van der Waals surface area contributed by atoms with E-state index in [-0.39, 0.29) is 17.0 Å². The van der Waals surface area contributed by atoms with Gasteiger partial charge in [0.05, 0.1) is 11.4 Å². The van der Waals surface area contributed by atoms with Crippen molar-refractivity contribution in [3.63, 3.8) is 0 Å². The van der Waals surface area contributed by atoms with Crippen LogP contribution < -0.4 is 11.5 Å². The number of ketones is 1. The monoisotopic (exact) mass is 283 g/mol. The maximum atomic E-state index is 11.5. The lowest BCUT2D eigenvalue weighted by atomic mass is 10.1. The van der Waals surface area contributed by atoms with Crippen LogP contribution in [0.2, 0.25) is 0 Å². The fourth-order valence-electron chi connectivity index (χ4n) is 1.77. The highest BCUT2D eigenvalue weighted by Crippen LogP contribution is 2.17. The van der Waals surface area contributed by atoms with E-state index in [4.69, 9.17) is 11.5 Å². The molecule has 0 aromatic carbocycles. The van der Waals surface area contributed by atoms with Crippen molar-refractivity contribution in [1.82, 2.24) is 15.0 Å². The van der Waals surface area contributed by atoms with Crippen molar-refractivity contribution in [3.05, 3.63) is 48.1 Å². The first-order valence-corrected chi connectivity index (χ1v) is 6.05. The van der Waals surface area contributed by atoms with Gasteiger partial charge in [-0.05, 0) is 25.1 Å². The number of nitrogens with zero attached hydrogens (tertiary/aromatic N) is 3. The van der Waals surface area contributed by atoms with Gasteiger partial charge in [0, 0.05) is 24.2 Å². The number of aromatic nitrogens is 3. The molecule has 2 heterocycles. The molecule has 7 nitrogen and oxygen atoms in total. The van der Waals surface area contributed by atoms with Gasteiger partial charge in [0.2, 0.25) is 0 Å². The lowest BCUT2D eigenvalue weighted by Crippen LogP contribution is -2.23. The van der Waals surface area contributed by atoms with Crippen molar-refractivity contribution >= 4 is 17.4 Å². The summed E-state index contributed by atoms with van der Waals surface area (Å²) < 4.78 is 0. The fourth-order valence-corrected chi connectivity index (χ4v) is 1.77. The summed E-state index contributed by atoms with van der Waals surface area (Å²) in [6.45, 7) is 1.22. The van der Waals surface area contributed by atoms with Gasteiger partial charge < -0.3 is 11.5 Å². The SMILES string of the molecule is CC(=O)/C(C(N)=O)=C(/N)c1ccnc(-c2ccncc2)n1. The van der Waals surface area contributed by atoms with Gasteiger partial charge in [0.15, 0.2) is 11.6 Å². The highest BCUT2D eigenvalue weighted by atomic mass is 16.2. The minimum atomic E-state index is -0.885. The zero-order valence-corrected chi connectivity index (χ0v) is 11.3. The zero-order valence-electron chi connectivity index (χ0n) is 11.3. The van der Waals surface area contributed by atoms with E-state index in [2.05, 4.69) is 15.0 Å². The summed E-state index contributed by atoms with van der Waals surface area (Å²) >= 11 is 0. The molecular formula is C14H13N5O2. The zero-order chi connectivity index (χ0) is 15.4. The molecule has 106 valence electrons. The lowest BCUT2D eigenvalue weighted by Gasteiger charge is -2.07. The first kappa shape index (κ1) is 14.3. The van der Waals surface area contributed by atoms with Crippen LogP contribution in [0.4, 0.5) is 0 Å². The summed E-state index contributed by atoms with van der Waals surface area (Å²) in [7, 11) is 0. The van der Waals surface area contributed by atoms with E-state index >= 15 is 0 Å². The van der Waals surface area contributed by atoms with E-state index in [1.807, 2.05) is 0 Å². The van der Waals surface area contributed by atoms with Crippen LogP contribution in [0.15, 0.2) is 42.4 Å². The summed E-state index contributed by atoms with van der Waals surface area (Å²) in [5.74, 6) is -0.988. The van der Waals surface area contributed by atoms with Crippen LogP contribution in [0, 0.1) is 0 Å². The van der Waals surface area contributed by atoms with Crippen molar-refractivity contribution in [3.8, 4) is 11.4 Å². The second-order valence-electron chi connectivity index (χ2n) is 4.21. The van der Waals surface area contributed by atoms with E-state index in [0.29, 0.717) is 5.82 Å². The molecule has 7 heteroatoms. The molecule has 2 aromatic heterocycles. The molecule has 0 spiro atoms. The molecule has 0 radical (unpaired) electrons. The van der Waals surface area contributed by atoms with Gasteiger partial charge in [-0.2, -0.15) is 0 Å². The Labute approximate surface area is 120 Å². The molecule has 0 aliphatic carbocycles. The largest absolute Gasteiger partial charge is 0.396 e. The van der Waals surface area contributed by atoms with Crippen LogP contribution in [-0.4, -0.2) is 26.6 Å². The minimum Gasteiger partial charge on any atom is -0.396 e. The Hall–Kier alpha value is -3.09. The smallest absolute Gasteiger partial charge is 0.254 e. The molecule has 0 aliphatic heterocycles. The predicted octanol–water partition coefficient (Wildman–Crippen LogP) is 0.283. The molecule has 0 aliphatic rings. The summed E-state index contributed by atoms with van der Waals surface area (Å²) in [4.78, 5) is 35.1. The van der Waals surface area contributed by atoms with Crippen molar-refractivity contribution in [1.29, 1.82) is 0 Å². The molecular weight excluding hydrogens is 270 g/mol. The molecule has 4 N–H and O–H groups in total. The quantitative estimate of drug-likeness (QED) is 0.471. The van der Waals surface area contributed by atoms with Gasteiger partial charge in [-0.25, -0.2) is 9.97 Å². The standard InChI is InChI=1S/C14H13N5O2/c1-8(20)11(13(16)21)12(15)10-4-7-18-14(19-10)9-2-5-17-6-3-9/h2-7H,15H2,1H3,(H2,16,21)/b12-11-. The second kappa shape index (κ2) is 5.91. The number of nitrogens with two attached hydrogens (primary N) is 2. The molecule has 1 amide bonds. The van der Waals surface area contributed by atoms with Crippen LogP contribution >= 0.6 is 0 Å². The molecule has 0 unspecified atom stereocenters. The van der Waals surface area contributed by atoms with Crippen molar-refractivity contribution in [2.24, 2.45) is 11.5 Å². The Bertz CT molecular complexity index is 709. The van der Waals surface area contributed by atoms with Gasteiger partial charge in [0.25, 0.3) is 5.91 Å². The molecule has 0 saturated heterocycles. The maximum Gasteiger partial charge on any atom is 0.254 e. The topological polar surface area (TPSA) is 125 Å². The Morgan fingerprint density at radius 2 is 1.71 bits per heavy atom. The van der Waals surface area contributed by atoms with Crippen LogP contribution in [0.5, 0.6) is 0 Å². The van der Waals surface area contributed by atoms with E-state index in [1.54, 1.807) is 24.5 Å². The summed E-state index contributed by atoms with van der Waals surface area (Å²) in [5, 5.41) is 0. The molecule has 21 heavy (non-hydrogen) atoms. The van der Waals surface area contributed by atoms with Gasteiger partial charge in [-0.1, -0.05) is 0 Å². The predicted molar refractivity (Wildman–Crippen MR) is 76.2 cm³/mol. The number of primary amides is 1. The number of Topliss-reactive ketones (excluding diaryl/α,β-unsaturated/α-hetero) is 1. The van der Waals surface area contributed by atoms with E-state index in [0.717, 1.165) is 5.56 Å². The summed E-state index contributed by atoms with van der Waals surface area (Å²) in [6.07, 6.45) is 4.70. The number of rotatable bonds is 4. The van der Waals surface area contributed by atoms with Gasteiger partial charge in [-0.15, -0.1) is 0 Å². The third-order valence-corrected chi connectivity index (χ3v) is 2.74. The van der Waals surface area contributed by atoms with Crippen molar-refractivity contribution in [2.45, 2.75) is 6.92 Å². The molecule has 0 bridgehead atoms. The highest BCUT2D eigenvalue weighted by molar-refractivity contribution is 6.22. The summed E-state index contributed by atoms with van der Waals surface area (Å²) in [6, 6.07) is 4.98. The van der Waals surface area contributed by atoms with E-state index in [1.165, 1.54) is 19.2 Å². The number of carbonyl (C=O) groups is 2. The average molecular weight is 283 g/mol. The van der Waals surface area contributed by atoms with Crippen LogP contribution in [0.25, 0.3) is 17.1 Å². The highest BCUT2D eigenvalue weighted by Gasteiger charge is 2.18. The number of hydrogen-bond donors (Lipinski definition) is 2. The number of pyridine rings is 1. The Kier molecular flexibility index (Phi) is 4.03. The van der Waals surface area contributed by atoms with E-state index in [9.17, 15) is 9.59 Å². The maximum absolute atomic E-state index is 11.5. The Balaban J connectivity index is 2.54. The van der Waals surface area contributed by atoms with Gasteiger partial charge >= 0.3 is 0 Å². The normalized spacial score (nSPS) is 11.7. The third kappa shape index (κ3) is 3.08. The molecule has 0 atom stereocenters. The lowest BCUT2D eigenvalue weighted by molar-refractivity contribution is -0.119. The van der Waals surface area contributed by atoms with Crippen LogP contribution in [0.1, 0.15) is 12.6 Å². The minimum absolute atomic E-state index is 0.0623. The van der Waals surface area contributed by atoms with Gasteiger partial charge in [-0.3, -0.25) is 14.6 Å². The molecule has 2 aromatic rings. The third-order valence-electron chi connectivity index (χ3n) is 2.74. The fraction of sp³-hybridized carbons (Fsp3) is 0.0714. The van der Waals surface area contributed by atoms with E-state index < -0.39 is 11.7 Å². The van der Waals surface area contributed by atoms with Crippen LogP contribution in [-0.2, 0) is 9.59 Å². The van der Waals surface area contributed by atoms with Crippen molar-refractivity contribution in [2.75, 3.05) is 0 Å². The number of hydrogen-bond acceptors (Lipinski definition) is 6. The first-order valence-electron chi connectivity index (χ1n) is 6.05. The molecule has 0 fully saturated rings. The summed E-state index contributed by atoms with van der Waals surface area (Å²) in [5.41, 5.74) is 11.7. The molecule has 0 saturated carbocycles. The number of amides is 1. The second-order valence-corrected chi connectivity index (χ2v) is 4.21. The Morgan fingerprint density at radius 1 is 1.05 bits per heavy atom. The van der Waals surface area contributed by atoms with Gasteiger partial charge in [0.1, 0.15) is 5.57 Å². The number of carbonyl (C=O) groups excluding carboxylic acids is 2. The Morgan fingerprint density at radius 3 is 2.29 bits per heavy atom. The van der Waals surface area contributed by atoms with Crippen molar-refractivity contribution < 1.29 is 9.59 Å². The first-order chi connectivity index (χ1) is 10.0. The van der Waals surface area contributed by atoms with Crippen LogP contribution in [0.3, 0.4) is 0 Å².